The summed E-state index contributed by atoms with van der Waals surface area (Å²) in [6.45, 7) is 9.39. The SMILES string of the molecule is CCCNC(C)c1ccc(N(CCC)CCO)cc1Br. The number of hydrogen-bond acceptors (Lipinski definition) is 3. The standard InChI is InChI=1S/C16H27BrN2O/c1-4-8-18-13(3)15-7-6-14(12-16(15)17)19(9-5-2)10-11-20/h6-7,12-13,18,20H,4-5,8-11H2,1-3H3. The van der Waals surface area contributed by atoms with Gasteiger partial charge in [0.25, 0.3) is 0 Å². The Balaban J connectivity index is 2.84. The number of aliphatic hydroxyl groups excluding tert-OH is 1. The van der Waals surface area contributed by atoms with Crippen molar-refractivity contribution in [3.05, 3.63) is 28.2 Å². The van der Waals surface area contributed by atoms with Crippen molar-refractivity contribution in [3.63, 3.8) is 0 Å². The molecule has 0 saturated heterocycles. The number of nitrogens with one attached hydrogen (secondary N) is 1. The van der Waals surface area contributed by atoms with E-state index in [0.29, 0.717) is 12.6 Å². The molecule has 0 aliphatic heterocycles. The Morgan fingerprint density at radius 2 is 2.00 bits per heavy atom. The lowest BCUT2D eigenvalue weighted by Gasteiger charge is -2.25. The smallest absolute Gasteiger partial charge is 0.0606 e. The molecule has 0 radical (unpaired) electrons. The van der Waals surface area contributed by atoms with Crippen LogP contribution in [0.25, 0.3) is 0 Å². The molecule has 0 saturated carbocycles. The molecule has 1 unspecified atom stereocenters. The molecule has 0 amide bonds. The molecule has 1 rings (SSSR count). The number of halogens is 1. The van der Waals surface area contributed by atoms with Gasteiger partial charge in [-0.3, -0.25) is 0 Å². The van der Waals surface area contributed by atoms with Crippen molar-refractivity contribution in [2.24, 2.45) is 0 Å². The Labute approximate surface area is 131 Å². The third-order valence-corrected chi connectivity index (χ3v) is 4.07. The zero-order valence-corrected chi connectivity index (χ0v) is 14.4. The van der Waals surface area contributed by atoms with E-state index in [1.807, 2.05) is 0 Å². The summed E-state index contributed by atoms with van der Waals surface area (Å²) in [6.07, 6.45) is 2.22. The zero-order chi connectivity index (χ0) is 15.0. The van der Waals surface area contributed by atoms with Crippen molar-refractivity contribution in [2.45, 2.75) is 39.7 Å². The van der Waals surface area contributed by atoms with Gasteiger partial charge in [-0.2, -0.15) is 0 Å². The fourth-order valence-electron chi connectivity index (χ4n) is 2.30. The molecule has 0 aliphatic rings. The summed E-state index contributed by atoms with van der Waals surface area (Å²) in [5.41, 5.74) is 2.45. The molecular weight excluding hydrogens is 316 g/mol. The van der Waals surface area contributed by atoms with E-state index in [1.165, 1.54) is 11.3 Å². The fraction of sp³-hybridized carbons (Fsp3) is 0.625. The minimum atomic E-state index is 0.188. The Kier molecular flexibility index (Phi) is 8.19. The topological polar surface area (TPSA) is 35.5 Å². The molecule has 3 nitrogen and oxygen atoms in total. The van der Waals surface area contributed by atoms with E-state index in [-0.39, 0.29) is 6.61 Å². The molecule has 0 fully saturated rings. The van der Waals surface area contributed by atoms with E-state index < -0.39 is 0 Å². The molecule has 20 heavy (non-hydrogen) atoms. The normalized spacial score (nSPS) is 12.4. The van der Waals surface area contributed by atoms with Crippen molar-refractivity contribution >= 4 is 21.6 Å². The third-order valence-electron chi connectivity index (χ3n) is 3.38. The summed E-state index contributed by atoms with van der Waals surface area (Å²) in [5, 5.41) is 12.7. The summed E-state index contributed by atoms with van der Waals surface area (Å²) in [6, 6.07) is 6.82. The highest BCUT2D eigenvalue weighted by Gasteiger charge is 2.11. The molecule has 1 aromatic carbocycles. The number of hydrogen-bond donors (Lipinski definition) is 2. The molecule has 0 heterocycles. The largest absolute Gasteiger partial charge is 0.395 e. The number of anilines is 1. The summed E-state index contributed by atoms with van der Waals surface area (Å²) in [4.78, 5) is 2.22. The first-order valence-electron chi connectivity index (χ1n) is 7.52. The van der Waals surface area contributed by atoms with Gasteiger partial charge in [-0.1, -0.05) is 35.8 Å². The third kappa shape index (κ3) is 5.08. The second-order valence-electron chi connectivity index (χ2n) is 5.09. The van der Waals surface area contributed by atoms with E-state index in [9.17, 15) is 5.11 Å². The highest BCUT2D eigenvalue weighted by atomic mass is 79.9. The van der Waals surface area contributed by atoms with Crippen LogP contribution < -0.4 is 10.2 Å². The van der Waals surface area contributed by atoms with E-state index in [4.69, 9.17) is 0 Å². The monoisotopic (exact) mass is 342 g/mol. The number of rotatable bonds is 9. The predicted molar refractivity (Wildman–Crippen MR) is 90.4 cm³/mol. The van der Waals surface area contributed by atoms with Gasteiger partial charge in [0.2, 0.25) is 0 Å². The first-order valence-corrected chi connectivity index (χ1v) is 8.31. The molecular formula is C16H27BrN2O. The van der Waals surface area contributed by atoms with Gasteiger partial charge < -0.3 is 15.3 Å². The van der Waals surface area contributed by atoms with Crippen molar-refractivity contribution in [2.75, 3.05) is 31.1 Å². The molecule has 4 heteroatoms. The lowest BCUT2D eigenvalue weighted by Crippen LogP contribution is -2.27. The van der Waals surface area contributed by atoms with E-state index in [0.717, 1.165) is 30.4 Å². The van der Waals surface area contributed by atoms with Crippen molar-refractivity contribution < 1.29 is 5.11 Å². The van der Waals surface area contributed by atoms with Gasteiger partial charge in [0.1, 0.15) is 0 Å². The molecule has 1 aromatic rings. The average molecular weight is 343 g/mol. The van der Waals surface area contributed by atoms with Gasteiger partial charge in [-0.25, -0.2) is 0 Å². The highest BCUT2D eigenvalue weighted by Crippen LogP contribution is 2.28. The first kappa shape index (κ1) is 17.5. The zero-order valence-electron chi connectivity index (χ0n) is 12.8. The molecule has 2 N–H and O–H groups in total. The van der Waals surface area contributed by atoms with Crippen molar-refractivity contribution in [1.29, 1.82) is 0 Å². The second-order valence-corrected chi connectivity index (χ2v) is 5.95. The Morgan fingerprint density at radius 1 is 1.25 bits per heavy atom. The average Bonchev–Trinajstić information content (AvgIpc) is 2.44. The lowest BCUT2D eigenvalue weighted by atomic mass is 10.1. The number of benzene rings is 1. The van der Waals surface area contributed by atoms with Gasteiger partial charge in [-0.15, -0.1) is 0 Å². The van der Waals surface area contributed by atoms with Crippen LogP contribution in [0.3, 0.4) is 0 Å². The van der Waals surface area contributed by atoms with Gasteiger partial charge >= 0.3 is 0 Å². The fourth-order valence-corrected chi connectivity index (χ4v) is 3.01. The summed E-state index contributed by atoms with van der Waals surface area (Å²) < 4.78 is 1.13. The van der Waals surface area contributed by atoms with Crippen LogP contribution in [0.2, 0.25) is 0 Å². The van der Waals surface area contributed by atoms with Gasteiger partial charge in [0.15, 0.2) is 0 Å². The van der Waals surface area contributed by atoms with Crippen molar-refractivity contribution in [1.82, 2.24) is 5.32 Å². The highest BCUT2D eigenvalue weighted by molar-refractivity contribution is 9.10. The quantitative estimate of drug-likeness (QED) is 0.717. The molecule has 0 aliphatic carbocycles. The maximum atomic E-state index is 9.17. The van der Waals surface area contributed by atoms with Gasteiger partial charge in [0, 0.05) is 29.3 Å². The molecule has 114 valence electrons. The molecule has 1 atom stereocenters. The van der Waals surface area contributed by atoms with Crippen LogP contribution >= 0.6 is 15.9 Å². The summed E-state index contributed by atoms with van der Waals surface area (Å²) >= 11 is 3.68. The van der Waals surface area contributed by atoms with E-state index in [1.54, 1.807) is 0 Å². The first-order chi connectivity index (χ1) is 9.63. The minimum Gasteiger partial charge on any atom is -0.395 e. The molecule has 0 spiro atoms. The summed E-state index contributed by atoms with van der Waals surface area (Å²) in [5.74, 6) is 0. The number of aliphatic hydroxyl groups is 1. The van der Waals surface area contributed by atoms with Gasteiger partial charge in [-0.05, 0) is 44.0 Å². The van der Waals surface area contributed by atoms with Gasteiger partial charge in [0.05, 0.1) is 6.61 Å². The predicted octanol–water partition coefficient (Wildman–Crippen LogP) is 3.72. The van der Waals surface area contributed by atoms with Crippen LogP contribution in [0.5, 0.6) is 0 Å². The molecule has 0 bridgehead atoms. The Bertz CT molecular complexity index is 392. The van der Waals surface area contributed by atoms with Crippen LogP contribution in [-0.4, -0.2) is 31.3 Å². The van der Waals surface area contributed by atoms with Crippen LogP contribution in [0, 0.1) is 0 Å². The summed E-state index contributed by atoms with van der Waals surface area (Å²) in [7, 11) is 0. The second kappa shape index (κ2) is 9.37. The van der Waals surface area contributed by atoms with Crippen LogP contribution in [0.4, 0.5) is 5.69 Å². The van der Waals surface area contributed by atoms with E-state index >= 15 is 0 Å². The number of nitrogens with zero attached hydrogens (tertiary/aromatic N) is 1. The van der Waals surface area contributed by atoms with Crippen molar-refractivity contribution in [3.8, 4) is 0 Å². The lowest BCUT2D eigenvalue weighted by molar-refractivity contribution is 0.302. The Morgan fingerprint density at radius 3 is 2.55 bits per heavy atom. The maximum absolute atomic E-state index is 9.17. The van der Waals surface area contributed by atoms with Crippen LogP contribution in [-0.2, 0) is 0 Å². The minimum absolute atomic E-state index is 0.188. The molecule has 0 aromatic heterocycles. The van der Waals surface area contributed by atoms with E-state index in [2.05, 4.69) is 65.1 Å². The van der Waals surface area contributed by atoms with Crippen LogP contribution in [0.15, 0.2) is 22.7 Å². The van der Waals surface area contributed by atoms with Crippen LogP contribution in [0.1, 0.15) is 45.2 Å². The maximum Gasteiger partial charge on any atom is 0.0606 e. The Hall–Kier alpha value is -0.580.